The van der Waals surface area contributed by atoms with Crippen LogP contribution in [0.2, 0.25) is 19.6 Å². The Hall–Kier alpha value is 1.10. The second kappa shape index (κ2) is 8.98. The summed E-state index contributed by atoms with van der Waals surface area (Å²) in [5.41, 5.74) is 3.46. The third-order valence-electron chi connectivity index (χ3n) is 2.29. The van der Waals surface area contributed by atoms with Gasteiger partial charge in [-0.05, 0) is 16.9 Å². The molecule has 0 aromatic heterocycles. The Bertz CT molecular complexity index is 565. The van der Waals surface area contributed by atoms with Gasteiger partial charge in [0, 0.05) is 0 Å². The summed E-state index contributed by atoms with van der Waals surface area (Å²) in [5, 5.41) is 2.22. The molecule has 0 bridgehead atoms. The van der Waals surface area contributed by atoms with E-state index in [4.69, 9.17) is 0 Å². The maximum absolute atomic E-state index is 3.46. The van der Waals surface area contributed by atoms with E-state index in [1.165, 1.54) is 21.9 Å². The third kappa shape index (κ3) is 5.87. The van der Waals surface area contributed by atoms with E-state index in [9.17, 15) is 0 Å². The summed E-state index contributed by atoms with van der Waals surface area (Å²) >= 11 is 11.6. The van der Waals surface area contributed by atoms with Gasteiger partial charge in [-0.2, -0.15) is 0 Å². The summed E-state index contributed by atoms with van der Waals surface area (Å²) in [7, 11) is -1.29. The number of hydrogen-bond donors (Lipinski definition) is 0. The molecule has 0 saturated heterocycles. The molecule has 2 heterocycles. The van der Waals surface area contributed by atoms with Gasteiger partial charge in [0.1, 0.15) is 8.07 Å². The van der Waals surface area contributed by atoms with E-state index in [2.05, 4.69) is 50.4 Å². The van der Waals surface area contributed by atoms with Gasteiger partial charge in [-0.1, -0.05) is 86.5 Å². The van der Waals surface area contributed by atoms with Crippen LogP contribution in [0.1, 0.15) is 13.8 Å². The Morgan fingerprint density at radius 3 is 2.05 bits per heavy atom. The van der Waals surface area contributed by atoms with Crippen LogP contribution in [0.5, 0.6) is 0 Å². The molecule has 0 amide bonds. The highest BCUT2D eigenvalue weighted by Gasteiger charge is 2.26. The van der Waals surface area contributed by atoms with Crippen molar-refractivity contribution < 1.29 is 0 Å². The minimum absolute atomic E-state index is 1.14. The van der Waals surface area contributed by atoms with Crippen molar-refractivity contribution in [1.82, 2.24) is 0 Å². The summed E-state index contributed by atoms with van der Waals surface area (Å²) in [4.78, 5) is 1.22. The van der Waals surface area contributed by atoms with Gasteiger partial charge in [0.2, 0.25) is 0 Å². The van der Waals surface area contributed by atoms with Crippen molar-refractivity contribution in [2.45, 2.75) is 33.5 Å². The molecular weight excluding hydrogens is 401 g/mol. The largest absolute Gasteiger partial charge is 0.129 e. The van der Waals surface area contributed by atoms with Crippen molar-refractivity contribution in [3.05, 3.63) is 27.3 Å². The zero-order valence-corrected chi connectivity index (χ0v) is 19.3. The lowest BCUT2D eigenvalue weighted by atomic mass is 10.7. The second-order valence-corrected chi connectivity index (χ2v) is 17.7. The number of allylic oxidation sites excluding steroid dienone is 1. The zero-order valence-electron chi connectivity index (χ0n) is 13.4. The molecule has 0 aliphatic carbocycles. The standard InChI is InChI=1S/C15H20S6Si/c1-6-16-12-13(17-7-2)21-15(20-12)14-18-10-11(19-14)8-9-22(3,4)5/h10H,6-7H2,1-5H3. The average molecular weight is 421 g/mol. The molecule has 0 nitrogen and oxygen atoms in total. The molecule has 0 atom stereocenters. The SMILES string of the molecule is CCSC1=C(SCC)SC(=C2SC=C(C#C[Si](C)(C)C)S2)S1. The number of rotatable bonds is 4. The van der Waals surface area contributed by atoms with Crippen LogP contribution in [-0.4, -0.2) is 19.6 Å². The van der Waals surface area contributed by atoms with Crippen molar-refractivity contribution in [3.8, 4) is 11.5 Å². The van der Waals surface area contributed by atoms with E-state index in [1.54, 1.807) is 0 Å². The lowest BCUT2D eigenvalue weighted by Gasteiger charge is -2.03. The maximum Gasteiger partial charge on any atom is 0.129 e. The van der Waals surface area contributed by atoms with Gasteiger partial charge in [-0.3, -0.25) is 0 Å². The minimum Gasteiger partial charge on any atom is -0.126 e. The molecule has 120 valence electrons. The molecular formula is C15H20S6Si. The second-order valence-electron chi connectivity index (χ2n) is 5.42. The van der Waals surface area contributed by atoms with Crippen LogP contribution in [0, 0.1) is 11.5 Å². The molecule has 0 unspecified atom stereocenters. The van der Waals surface area contributed by atoms with Crippen LogP contribution in [0.25, 0.3) is 0 Å². The van der Waals surface area contributed by atoms with Gasteiger partial charge < -0.3 is 0 Å². The van der Waals surface area contributed by atoms with Crippen molar-refractivity contribution in [1.29, 1.82) is 0 Å². The van der Waals surface area contributed by atoms with Crippen LogP contribution < -0.4 is 0 Å². The molecule has 0 N–H and O–H groups in total. The normalized spacial score (nSPS) is 18.7. The van der Waals surface area contributed by atoms with E-state index < -0.39 is 8.07 Å². The number of hydrogen-bond acceptors (Lipinski definition) is 6. The first kappa shape index (κ1) is 19.4. The minimum atomic E-state index is -1.29. The fourth-order valence-electron chi connectivity index (χ4n) is 1.44. The first-order chi connectivity index (χ1) is 10.4. The highest BCUT2D eigenvalue weighted by atomic mass is 32.3. The lowest BCUT2D eigenvalue weighted by Crippen LogP contribution is -2.16. The highest BCUT2D eigenvalue weighted by Crippen LogP contribution is 2.62. The predicted molar refractivity (Wildman–Crippen MR) is 120 cm³/mol. The van der Waals surface area contributed by atoms with Gasteiger partial charge in [0.25, 0.3) is 0 Å². The summed E-state index contributed by atoms with van der Waals surface area (Å²) in [6.45, 7) is 11.3. The Morgan fingerprint density at radius 2 is 1.55 bits per heavy atom. The van der Waals surface area contributed by atoms with Crippen LogP contribution in [-0.2, 0) is 0 Å². The fourth-order valence-corrected chi connectivity index (χ4v) is 10.1. The van der Waals surface area contributed by atoms with Crippen molar-refractivity contribution in [3.63, 3.8) is 0 Å². The maximum atomic E-state index is 3.46. The molecule has 0 saturated carbocycles. The quantitative estimate of drug-likeness (QED) is 0.340. The van der Waals surface area contributed by atoms with Gasteiger partial charge in [0.05, 0.1) is 21.9 Å². The third-order valence-corrected chi connectivity index (χ3v) is 11.3. The van der Waals surface area contributed by atoms with E-state index in [0.29, 0.717) is 0 Å². The Balaban J connectivity index is 2.05. The van der Waals surface area contributed by atoms with Gasteiger partial charge in [0.15, 0.2) is 0 Å². The smallest absolute Gasteiger partial charge is 0.126 e. The molecule has 0 radical (unpaired) electrons. The van der Waals surface area contributed by atoms with E-state index in [1.807, 2.05) is 70.6 Å². The van der Waals surface area contributed by atoms with Crippen LogP contribution in [0.4, 0.5) is 0 Å². The zero-order chi connectivity index (χ0) is 16.2. The summed E-state index contributed by atoms with van der Waals surface area (Å²) in [6, 6.07) is 0. The topological polar surface area (TPSA) is 0 Å². The number of thioether (sulfide) groups is 6. The molecule has 22 heavy (non-hydrogen) atoms. The monoisotopic (exact) mass is 420 g/mol. The van der Waals surface area contributed by atoms with Crippen LogP contribution >= 0.6 is 70.6 Å². The summed E-state index contributed by atoms with van der Waals surface area (Å²) < 4.78 is 5.84. The van der Waals surface area contributed by atoms with Crippen LogP contribution in [0.15, 0.2) is 27.3 Å². The van der Waals surface area contributed by atoms with Crippen molar-refractivity contribution >= 4 is 78.6 Å². The average Bonchev–Trinajstić information content (AvgIpc) is 3.04. The Kier molecular flexibility index (Phi) is 7.93. The van der Waals surface area contributed by atoms with E-state index in [-0.39, 0.29) is 0 Å². The molecule has 2 rings (SSSR count). The lowest BCUT2D eigenvalue weighted by molar-refractivity contribution is 1.53. The molecule has 2 aliphatic heterocycles. The van der Waals surface area contributed by atoms with Gasteiger partial charge >= 0.3 is 0 Å². The predicted octanol–water partition coefficient (Wildman–Crippen LogP) is 7.43. The molecule has 7 heteroatoms. The first-order valence-electron chi connectivity index (χ1n) is 7.10. The highest BCUT2D eigenvalue weighted by molar-refractivity contribution is 8.42. The molecule has 0 aromatic carbocycles. The Labute approximate surface area is 161 Å². The van der Waals surface area contributed by atoms with E-state index >= 15 is 0 Å². The van der Waals surface area contributed by atoms with Gasteiger partial charge in [-0.25, -0.2) is 0 Å². The van der Waals surface area contributed by atoms with Crippen LogP contribution in [0.3, 0.4) is 0 Å². The molecule has 0 spiro atoms. The fraction of sp³-hybridized carbons (Fsp3) is 0.467. The Morgan fingerprint density at radius 1 is 0.955 bits per heavy atom. The summed E-state index contributed by atoms with van der Waals surface area (Å²) in [5.74, 6) is 5.67. The molecule has 0 aromatic rings. The van der Waals surface area contributed by atoms with Crippen molar-refractivity contribution in [2.75, 3.05) is 11.5 Å². The molecule has 0 fully saturated rings. The summed E-state index contributed by atoms with van der Waals surface area (Å²) in [6.07, 6.45) is 0. The van der Waals surface area contributed by atoms with Gasteiger partial charge in [-0.15, -0.1) is 29.1 Å². The first-order valence-corrected chi connectivity index (χ1v) is 15.9. The van der Waals surface area contributed by atoms with E-state index in [0.717, 1.165) is 11.5 Å². The molecule has 2 aliphatic rings. The van der Waals surface area contributed by atoms with Crippen molar-refractivity contribution in [2.24, 2.45) is 0 Å².